The minimum absolute atomic E-state index is 0. The van der Waals surface area contributed by atoms with Crippen LogP contribution in [0.3, 0.4) is 0 Å². The van der Waals surface area contributed by atoms with Crippen molar-refractivity contribution in [1.29, 1.82) is 0 Å². The van der Waals surface area contributed by atoms with Crippen LogP contribution in [0.5, 0.6) is 0 Å². The molecule has 0 bridgehead atoms. The summed E-state index contributed by atoms with van der Waals surface area (Å²) >= 11 is 0. The van der Waals surface area contributed by atoms with Crippen LogP contribution in [0.25, 0.3) is 0 Å². The second-order valence-corrected chi connectivity index (χ2v) is 6.80. The van der Waals surface area contributed by atoms with Gasteiger partial charge in [0.25, 0.3) is 20.2 Å². The molecule has 0 unspecified atom stereocenters. The third-order valence-electron chi connectivity index (χ3n) is 1.59. The van der Waals surface area contributed by atoms with E-state index in [1.807, 2.05) is 0 Å². The second kappa shape index (κ2) is 10.5. The summed E-state index contributed by atoms with van der Waals surface area (Å²) in [6, 6.07) is 0. The quantitative estimate of drug-likeness (QED) is 0.220. The van der Waals surface area contributed by atoms with Gasteiger partial charge < -0.3 is 5.32 Å². The Morgan fingerprint density at radius 2 is 1.17 bits per heavy atom. The molecule has 0 amide bonds. The number of hydrogen-bond acceptors (Lipinski definition) is 7. The molecule has 0 spiro atoms. The SMILES string of the molecule is CS(=O)(=O)OCCCNCCCOS(C)(=O)=O.[PbH2]. The van der Waals surface area contributed by atoms with Crippen LogP contribution in [0.1, 0.15) is 12.8 Å². The Morgan fingerprint density at radius 3 is 1.44 bits per heavy atom. The monoisotopic (exact) mass is 499 g/mol. The van der Waals surface area contributed by atoms with Gasteiger partial charge in [0, 0.05) is 0 Å². The van der Waals surface area contributed by atoms with Gasteiger partial charge in [0.2, 0.25) is 0 Å². The average Bonchev–Trinajstić information content (AvgIpc) is 2.11. The zero-order valence-corrected chi connectivity index (χ0v) is 17.8. The van der Waals surface area contributed by atoms with Crippen molar-refractivity contribution in [3.05, 3.63) is 0 Å². The Bertz CT molecular complexity index is 356. The van der Waals surface area contributed by atoms with E-state index in [2.05, 4.69) is 13.7 Å². The van der Waals surface area contributed by atoms with Crippen molar-refractivity contribution in [2.75, 3.05) is 38.8 Å². The van der Waals surface area contributed by atoms with Crippen LogP contribution in [-0.4, -0.2) is 82.9 Å². The van der Waals surface area contributed by atoms with E-state index >= 15 is 0 Å². The van der Waals surface area contributed by atoms with Crippen molar-refractivity contribution in [3.63, 3.8) is 0 Å². The first-order valence-electron chi connectivity index (χ1n) is 5.10. The van der Waals surface area contributed by atoms with Crippen LogP contribution in [0.15, 0.2) is 0 Å². The molecule has 10 heteroatoms. The first-order chi connectivity index (χ1) is 7.71. The molecule has 0 atom stereocenters. The van der Waals surface area contributed by atoms with Gasteiger partial charge in [-0.3, -0.25) is 8.37 Å². The zero-order chi connectivity index (χ0) is 13.4. The van der Waals surface area contributed by atoms with Gasteiger partial charge in [-0.2, -0.15) is 16.8 Å². The molecule has 0 aromatic heterocycles. The first-order valence-corrected chi connectivity index (χ1v) is 8.73. The van der Waals surface area contributed by atoms with Crippen LogP contribution >= 0.6 is 0 Å². The molecule has 1 N–H and O–H groups in total. The number of nitrogens with one attached hydrogen (secondary N) is 1. The minimum atomic E-state index is -3.36. The summed E-state index contributed by atoms with van der Waals surface area (Å²) in [5.74, 6) is 0. The fourth-order valence-corrected chi connectivity index (χ4v) is 1.78. The fourth-order valence-electron chi connectivity index (χ4n) is 0.940. The van der Waals surface area contributed by atoms with Gasteiger partial charge in [-0.15, -0.1) is 0 Å². The molecule has 0 fully saturated rings. The normalized spacial score (nSPS) is 12.1. The van der Waals surface area contributed by atoms with Gasteiger partial charge in [0.05, 0.1) is 25.7 Å². The third-order valence-corrected chi connectivity index (χ3v) is 2.78. The van der Waals surface area contributed by atoms with E-state index in [1.54, 1.807) is 0 Å². The molecule has 0 aromatic carbocycles. The fraction of sp³-hybridized carbons (Fsp3) is 1.00. The predicted octanol–water partition coefficient (Wildman–Crippen LogP) is -1.61. The van der Waals surface area contributed by atoms with Crippen molar-refractivity contribution < 1.29 is 25.2 Å². The molecule has 0 saturated heterocycles. The van der Waals surface area contributed by atoms with Crippen LogP contribution in [-0.2, 0) is 28.6 Å². The number of hydrogen-bond donors (Lipinski definition) is 1. The van der Waals surface area contributed by atoms with Crippen molar-refractivity contribution >= 4 is 47.5 Å². The summed E-state index contributed by atoms with van der Waals surface area (Å²) in [4.78, 5) is 0. The maximum atomic E-state index is 10.6. The molecule has 0 saturated carbocycles. The Hall–Kier alpha value is 0.702. The Morgan fingerprint density at radius 1 is 0.833 bits per heavy atom. The Kier molecular flexibility index (Phi) is 12.2. The molecule has 0 aromatic rings. The van der Waals surface area contributed by atoms with E-state index < -0.39 is 20.2 Å². The van der Waals surface area contributed by atoms with E-state index in [1.165, 1.54) is 0 Å². The topological polar surface area (TPSA) is 98.8 Å². The summed E-state index contributed by atoms with van der Waals surface area (Å²) in [7, 11) is -6.71. The molecule has 7 nitrogen and oxygen atoms in total. The van der Waals surface area contributed by atoms with E-state index in [0.717, 1.165) is 12.5 Å². The van der Waals surface area contributed by atoms with Crippen LogP contribution in [0.2, 0.25) is 0 Å². The third kappa shape index (κ3) is 19.1. The molecule has 0 rings (SSSR count). The molecule has 0 heterocycles. The second-order valence-electron chi connectivity index (χ2n) is 3.51. The maximum absolute atomic E-state index is 10.6. The van der Waals surface area contributed by atoms with Crippen molar-refractivity contribution in [2.45, 2.75) is 12.8 Å². The van der Waals surface area contributed by atoms with Gasteiger partial charge in [-0.05, 0) is 25.9 Å². The molecular weight excluding hydrogens is 477 g/mol. The summed E-state index contributed by atoms with van der Waals surface area (Å²) in [5, 5.41) is 3.01. The predicted molar refractivity (Wildman–Crippen MR) is 72.2 cm³/mol. The van der Waals surface area contributed by atoms with Crippen LogP contribution in [0, 0.1) is 0 Å². The molecule has 0 aliphatic heterocycles. The summed E-state index contributed by atoms with van der Waals surface area (Å²) in [6.07, 6.45) is 3.14. The summed E-state index contributed by atoms with van der Waals surface area (Å²) < 4.78 is 51.4. The van der Waals surface area contributed by atoms with E-state index in [9.17, 15) is 16.8 Å². The van der Waals surface area contributed by atoms with Gasteiger partial charge in [0.15, 0.2) is 0 Å². The van der Waals surface area contributed by atoms with Crippen molar-refractivity contribution in [2.24, 2.45) is 0 Å². The van der Waals surface area contributed by atoms with Crippen LogP contribution < -0.4 is 5.32 Å². The molecule has 18 heavy (non-hydrogen) atoms. The molecule has 0 aliphatic carbocycles. The molecule has 0 aliphatic rings. The average molecular weight is 499 g/mol. The molecule has 2 radical (unpaired) electrons. The van der Waals surface area contributed by atoms with E-state index in [-0.39, 0.29) is 40.5 Å². The van der Waals surface area contributed by atoms with Crippen LogP contribution in [0.4, 0.5) is 0 Å². The molecule has 110 valence electrons. The van der Waals surface area contributed by atoms with Crippen molar-refractivity contribution in [1.82, 2.24) is 5.32 Å². The Balaban J connectivity index is 0. The zero-order valence-electron chi connectivity index (χ0n) is 10.7. The summed E-state index contributed by atoms with van der Waals surface area (Å²) in [5.41, 5.74) is 0. The Labute approximate surface area is 129 Å². The van der Waals surface area contributed by atoms with Gasteiger partial charge in [-0.25, -0.2) is 0 Å². The van der Waals surface area contributed by atoms with E-state index in [0.29, 0.717) is 25.9 Å². The van der Waals surface area contributed by atoms with Crippen molar-refractivity contribution in [3.8, 4) is 0 Å². The standard InChI is InChI=1S/C8H19NO6S2.Pb.2H/c1-16(10,11)14-7-3-5-9-6-4-8-15-17(2,12)13;;;/h9H,3-8H2,1-2H3;;;. The first kappa shape index (κ1) is 21.0. The number of rotatable bonds is 10. The van der Waals surface area contributed by atoms with Gasteiger partial charge in [-0.1, -0.05) is 0 Å². The van der Waals surface area contributed by atoms with Gasteiger partial charge in [0.1, 0.15) is 0 Å². The van der Waals surface area contributed by atoms with Gasteiger partial charge >= 0.3 is 27.3 Å². The van der Waals surface area contributed by atoms with E-state index in [4.69, 9.17) is 0 Å². The molecular formula is C8H21NO6PbS2. The summed E-state index contributed by atoms with van der Waals surface area (Å²) in [6.45, 7) is 1.50.